The number of hydrogen-bond donors (Lipinski definition) is 1. The fraction of sp³-hybridized carbons (Fsp3) is 0.154. The van der Waals surface area contributed by atoms with E-state index in [9.17, 15) is 4.79 Å². The number of carbonyl (C=O) groups excluding carboxylic acids is 1. The van der Waals surface area contributed by atoms with Gasteiger partial charge in [-0.25, -0.2) is 9.97 Å². The minimum absolute atomic E-state index is 0.200. The Hall–Kier alpha value is -2.14. The number of benzene rings is 1. The molecule has 2 aromatic rings. The van der Waals surface area contributed by atoms with Gasteiger partial charge in [0.2, 0.25) is 11.9 Å². The molecule has 1 amide bonds. The number of nitrogens with zero attached hydrogens (tertiary/aromatic N) is 2. The van der Waals surface area contributed by atoms with Crippen LogP contribution in [0.15, 0.2) is 36.5 Å². The van der Waals surface area contributed by atoms with Crippen LogP contribution in [0.3, 0.4) is 0 Å². The average Bonchev–Trinajstić information content (AvgIpc) is 2.39. The Labute approximate surface area is 115 Å². The molecular formula is C13H12ClN3O2. The zero-order valence-electron chi connectivity index (χ0n) is 10.3. The second-order valence-electron chi connectivity index (χ2n) is 3.78. The second-order valence-corrected chi connectivity index (χ2v) is 4.16. The summed E-state index contributed by atoms with van der Waals surface area (Å²) in [6, 6.07) is 8.81. The van der Waals surface area contributed by atoms with Gasteiger partial charge >= 0.3 is 0 Å². The first kappa shape index (κ1) is 13.3. The number of halogens is 1. The van der Waals surface area contributed by atoms with Gasteiger partial charge in [0.1, 0.15) is 10.9 Å². The van der Waals surface area contributed by atoms with Crippen molar-refractivity contribution < 1.29 is 9.53 Å². The molecule has 2 rings (SSSR count). The molecule has 98 valence electrons. The van der Waals surface area contributed by atoms with Crippen LogP contribution in [0.5, 0.6) is 5.75 Å². The molecular weight excluding hydrogens is 266 g/mol. The zero-order chi connectivity index (χ0) is 13.7. The molecule has 0 saturated carbocycles. The molecule has 0 atom stereocenters. The molecule has 1 heterocycles. The lowest BCUT2D eigenvalue weighted by Crippen LogP contribution is -2.16. The highest BCUT2D eigenvalue weighted by Gasteiger charge is 2.06. The summed E-state index contributed by atoms with van der Waals surface area (Å²) in [5.74, 6) is 0.751. The highest BCUT2D eigenvalue weighted by Crippen LogP contribution is 2.12. The van der Waals surface area contributed by atoms with E-state index < -0.39 is 0 Å². The Bertz CT molecular complexity index is 572. The minimum atomic E-state index is -0.201. The van der Waals surface area contributed by atoms with Crippen molar-refractivity contribution in [2.24, 2.45) is 0 Å². The molecule has 0 aliphatic rings. The Morgan fingerprint density at radius 1 is 1.32 bits per heavy atom. The number of nitrogens with one attached hydrogen (secondary N) is 1. The highest BCUT2D eigenvalue weighted by atomic mass is 35.5. The van der Waals surface area contributed by atoms with E-state index >= 15 is 0 Å². The topological polar surface area (TPSA) is 64.1 Å². The van der Waals surface area contributed by atoms with Crippen LogP contribution in [0.2, 0.25) is 5.15 Å². The molecule has 0 radical (unpaired) electrons. The minimum Gasteiger partial charge on any atom is -0.497 e. The molecule has 0 spiro atoms. The van der Waals surface area contributed by atoms with E-state index in [4.69, 9.17) is 16.3 Å². The molecule has 19 heavy (non-hydrogen) atoms. The van der Waals surface area contributed by atoms with Crippen LogP contribution in [0.4, 0.5) is 5.95 Å². The fourth-order valence-electron chi connectivity index (χ4n) is 1.49. The van der Waals surface area contributed by atoms with Gasteiger partial charge < -0.3 is 4.74 Å². The van der Waals surface area contributed by atoms with E-state index in [0.717, 1.165) is 11.3 Å². The quantitative estimate of drug-likeness (QED) is 0.871. The van der Waals surface area contributed by atoms with Gasteiger partial charge in [0.25, 0.3) is 0 Å². The summed E-state index contributed by atoms with van der Waals surface area (Å²) in [6.07, 6.45) is 1.72. The van der Waals surface area contributed by atoms with Gasteiger partial charge in [0.05, 0.1) is 13.5 Å². The van der Waals surface area contributed by atoms with E-state index in [1.807, 2.05) is 12.1 Å². The van der Waals surface area contributed by atoms with Crippen molar-refractivity contribution in [3.8, 4) is 5.75 Å². The van der Waals surface area contributed by atoms with Crippen LogP contribution in [-0.4, -0.2) is 23.0 Å². The summed E-state index contributed by atoms with van der Waals surface area (Å²) in [6.45, 7) is 0. The van der Waals surface area contributed by atoms with Gasteiger partial charge in [-0.05, 0) is 23.8 Å². The van der Waals surface area contributed by atoms with Crippen molar-refractivity contribution in [2.45, 2.75) is 6.42 Å². The molecule has 5 nitrogen and oxygen atoms in total. The van der Waals surface area contributed by atoms with Crippen LogP contribution < -0.4 is 10.1 Å². The Balaban J connectivity index is 1.97. The first-order chi connectivity index (χ1) is 9.17. The predicted molar refractivity (Wildman–Crippen MR) is 72.4 cm³/mol. The molecule has 1 aromatic carbocycles. The maximum Gasteiger partial charge on any atom is 0.231 e. The van der Waals surface area contributed by atoms with Gasteiger partial charge in [0.15, 0.2) is 0 Å². The number of aromatic nitrogens is 2. The standard InChI is InChI=1S/C13H12ClN3O2/c1-19-10-4-2-9(3-5-10)8-12(18)17-13-15-7-6-11(14)16-13/h2-7H,8H2,1H3,(H,15,16,17,18). The molecule has 0 aliphatic heterocycles. The Morgan fingerprint density at radius 3 is 2.68 bits per heavy atom. The number of amides is 1. The molecule has 6 heteroatoms. The number of carbonyl (C=O) groups is 1. The predicted octanol–water partition coefficient (Wildman–Crippen LogP) is 2.32. The van der Waals surface area contributed by atoms with Crippen molar-refractivity contribution in [3.05, 3.63) is 47.2 Å². The second kappa shape index (κ2) is 6.15. The number of ether oxygens (including phenoxy) is 1. The molecule has 0 aliphatic carbocycles. The van der Waals surface area contributed by atoms with E-state index in [2.05, 4.69) is 15.3 Å². The molecule has 1 aromatic heterocycles. The van der Waals surface area contributed by atoms with Crippen molar-refractivity contribution >= 4 is 23.5 Å². The largest absolute Gasteiger partial charge is 0.497 e. The van der Waals surface area contributed by atoms with Crippen LogP contribution in [0.1, 0.15) is 5.56 Å². The first-order valence-corrected chi connectivity index (χ1v) is 5.96. The summed E-state index contributed by atoms with van der Waals surface area (Å²) in [4.78, 5) is 19.6. The van der Waals surface area contributed by atoms with Gasteiger partial charge in [-0.1, -0.05) is 23.7 Å². The Morgan fingerprint density at radius 2 is 2.05 bits per heavy atom. The summed E-state index contributed by atoms with van der Waals surface area (Å²) in [5.41, 5.74) is 0.875. The number of methoxy groups -OCH3 is 1. The van der Waals surface area contributed by atoms with Crippen LogP contribution in [0, 0.1) is 0 Å². The normalized spacial score (nSPS) is 10.0. The maximum absolute atomic E-state index is 11.8. The van der Waals surface area contributed by atoms with E-state index in [1.54, 1.807) is 25.3 Å². The van der Waals surface area contributed by atoms with Crippen molar-refractivity contribution in [1.29, 1.82) is 0 Å². The lowest BCUT2D eigenvalue weighted by molar-refractivity contribution is -0.115. The molecule has 0 unspecified atom stereocenters. The zero-order valence-corrected chi connectivity index (χ0v) is 11.0. The van der Waals surface area contributed by atoms with E-state index in [-0.39, 0.29) is 23.4 Å². The van der Waals surface area contributed by atoms with Gasteiger partial charge in [-0.15, -0.1) is 0 Å². The van der Waals surface area contributed by atoms with Gasteiger partial charge in [-0.3, -0.25) is 10.1 Å². The fourth-order valence-corrected chi connectivity index (χ4v) is 1.63. The lowest BCUT2D eigenvalue weighted by Gasteiger charge is -2.04. The first-order valence-electron chi connectivity index (χ1n) is 5.58. The monoisotopic (exact) mass is 277 g/mol. The third kappa shape index (κ3) is 3.93. The van der Waals surface area contributed by atoms with Gasteiger partial charge in [-0.2, -0.15) is 0 Å². The number of rotatable bonds is 4. The van der Waals surface area contributed by atoms with Crippen molar-refractivity contribution in [2.75, 3.05) is 12.4 Å². The van der Waals surface area contributed by atoms with E-state index in [0.29, 0.717) is 0 Å². The summed E-state index contributed by atoms with van der Waals surface area (Å²) in [5, 5.41) is 2.87. The lowest BCUT2D eigenvalue weighted by atomic mass is 10.1. The number of hydrogen-bond acceptors (Lipinski definition) is 4. The molecule has 1 N–H and O–H groups in total. The SMILES string of the molecule is COc1ccc(CC(=O)Nc2nccc(Cl)n2)cc1. The summed E-state index contributed by atoms with van der Waals surface area (Å²) >= 11 is 5.71. The third-order valence-electron chi connectivity index (χ3n) is 2.40. The third-order valence-corrected chi connectivity index (χ3v) is 2.61. The molecule has 0 fully saturated rings. The summed E-state index contributed by atoms with van der Waals surface area (Å²) < 4.78 is 5.05. The summed E-state index contributed by atoms with van der Waals surface area (Å²) in [7, 11) is 1.60. The van der Waals surface area contributed by atoms with Crippen molar-refractivity contribution in [1.82, 2.24) is 9.97 Å². The van der Waals surface area contributed by atoms with Crippen molar-refractivity contribution in [3.63, 3.8) is 0 Å². The van der Waals surface area contributed by atoms with E-state index in [1.165, 1.54) is 6.20 Å². The average molecular weight is 278 g/mol. The van der Waals surface area contributed by atoms with Crippen LogP contribution >= 0.6 is 11.6 Å². The van der Waals surface area contributed by atoms with Crippen LogP contribution in [0.25, 0.3) is 0 Å². The maximum atomic E-state index is 11.8. The smallest absolute Gasteiger partial charge is 0.231 e. The number of anilines is 1. The molecule has 0 bridgehead atoms. The van der Waals surface area contributed by atoms with Gasteiger partial charge in [0, 0.05) is 6.20 Å². The molecule has 0 saturated heterocycles. The Kier molecular flexibility index (Phi) is 4.30. The highest BCUT2D eigenvalue weighted by molar-refractivity contribution is 6.29. The van der Waals surface area contributed by atoms with Crippen LogP contribution in [-0.2, 0) is 11.2 Å².